The number of hydrogen-bond donors (Lipinski definition) is 0. The highest BCUT2D eigenvalue weighted by atomic mass is 16.5. The minimum Gasteiger partial charge on any atom is -0.375 e. The fourth-order valence-electron chi connectivity index (χ4n) is 3.34. The van der Waals surface area contributed by atoms with E-state index in [0.29, 0.717) is 19.8 Å². The van der Waals surface area contributed by atoms with Gasteiger partial charge in [-0.2, -0.15) is 0 Å². The highest BCUT2D eigenvalue weighted by Gasteiger charge is 2.33. The van der Waals surface area contributed by atoms with Crippen molar-refractivity contribution in [1.82, 2.24) is 4.90 Å². The zero-order chi connectivity index (χ0) is 19.6. The molecule has 0 bridgehead atoms. The van der Waals surface area contributed by atoms with Crippen LogP contribution >= 0.6 is 0 Å². The Morgan fingerprint density at radius 1 is 0.929 bits per heavy atom. The molecule has 4 nitrogen and oxygen atoms in total. The van der Waals surface area contributed by atoms with Gasteiger partial charge < -0.3 is 14.4 Å². The van der Waals surface area contributed by atoms with Crippen molar-refractivity contribution in [3.63, 3.8) is 0 Å². The molecule has 1 aliphatic heterocycles. The molecule has 0 fully saturated rings. The maximum absolute atomic E-state index is 12.5. The van der Waals surface area contributed by atoms with Gasteiger partial charge in [0.15, 0.2) is 0 Å². The van der Waals surface area contributed by atoms with Crippen LogP contribution in [-0.2, 0) is 27.5 Å². The van der Waals surface area contributed by atoms with E-state index in [-0.39, 0.29) is 18.1 Å². The molecule has 2 aromatic carbocycles. The molecular formula is C24H29NO3. The molecule has 0 saturated heterocycles. The first-order chi connectivity index (χ1) is 13.8. The van der Waals surface area contributed by atoms with E-state index in [9.17, 15) is 4.79 Å². The van der Waals surface area contributed by atoms with Crippen molar-refractivity contribution in [2.24, 2.45) is 0 Å². The predicted octanol–water partition coefficient (Wildman–Crippen LogP) is 4.36. The Kier molecular flexibility index (Phi) is 7.82. The van der Waals surface area contributed by atoms with Crippen LogP contribution < -0.4 is 0 Å². The fourth-order valence-corrected chi connectivity index (χ4v) is 3.34. The van der Waals surface area contributed by atoms with Crippen LogP contribution in [-0.4, -0.2) is 36.1 Å². The number of amides is 1. The van der Waals surface area contributed by atoms with Gasteiger partial charge in [-0.1, -0.05) is 74.0 Å². The molecule has 148 valence electrons. The molecule has 1 heterocycles. The van der Waals surface area contributed by atoms with Crippen molar-refractivity contribution in [2.45, 2.75) is 45.1 Å². The van der Waals surface area contributed by atoms with Gasteiger partial charge in [0.2, 0.25) is 5.91 Å². The number of carbonyl (C=O) groups excluding carboxylic acids is 1. The Labute approximate surface area is 167 Å². The normalized spacial score (nSPS) is 19.2. The highest BCUT2D eigenvalue weighted by Crippen LogP contribution is 2.20. The van der Waals surface area contributed by atoms with E-state index < -0.39 is 0 Å². The lowest BCUT2D eigenvalue weighted by atomic mass is 10.0. The van der Waals surface area contributed by atoms with E-state index >= 15 is 0 Å². The molecule has 0 aliphatic carbocycles. The number of hydrogen-bond acceptors (Lipinski definition) is 3. The first-order valence-electron chi connectivity index (χ1n) is 10.0. The molecule has 2 aromatic rings. The van der Waals surface area contributed by atoms with Gasteiger partial charge in [0.05, 0.1) is 32.0 Å². The molecule has 1 amide bonds. The molecule has 0 unspecified atom stereocenters. The predicted molar refractivity (Wildman–Crippen MR) is 111 cm³/mol. The molecular weight excluding hydrogens is 350 g/mol. The first-order valence-corrected chi connectivity index (χ1v) is 10.0. The molecule has 28 heavy (non-hydrogen) atoms. The van der Waals surface area contributed by atoms with E-state index in [1.54, 1.807) is 6.08 Å². The van der Waals surface area contributed by atoms with Gasteiger partial charge in [-0.15, -0.1) is 0 Å². The summed E-state index contributed by atoms with van der Waals surface area (Å²) in [4.78, 5) is 14.4. The lowest BCUT2D eigenvalue weighted by Crippen LogP contribution is -2.52. The Bertz CT molecular complexity index is 745. The number of unbranched alkanes of at least 4 members (excludes halogenated alkanes) is 1. The fraction of sp³-hybridized carbons (Fsp3) is 0.375. The van der Waals surface area contributed by atoms with Crippen molar-refractivity contribution in [1.29, 1.82) is 0 Å². The summed E-state index contributed by atoms with van der Waals surface area (Å²) in [5.41, 5.74) is 2.25. The summed E-state index contributed by atoms with van der Waals surface area (Å²) in [6.07, 6.45) is 5.36. The average Bonchev–Trinajstić information content (AvgIpc) is 2.74. The standard InChI is InChI=1S/C24H29NO3/c1-2-3-16-25-22(19-27-17-20-10-6-4-7-11-20)23(14-15-24(25)26)28-18-21-12-8-5-9-13-21/h4-15,22-23H,2-3,16-19H2,1H3/t22-,23-/m1/s1. The molecule has 0 radical (unpaired) electrons. The Balaban J connectivity index is 1.65. The molecule has 1 aliphatic rings. The van der Waals surface area contributed by atoms with E-state index in [1.807, 2.05) is 71.6 Å². The number of ether oxygens (including phenoxy) is 2. The zero-order valence-corrected chi connectivity index (χ0v) is 16.5. The largest absolute Gasteiger partial charge is 0.375 e. The van der Waals surface area contributed by atoms with Crippen molar-refractivity contribution in [3.05, 3.63) is 83.9 Å². The van der Waals surface area contributed by atoms with Gasteiger partial charge in [-0.05, 0) is 23.6 Å². The van der Waals surface area contributed by atoms with Crippen molar-refractivity contribution < 1.29 is 14.3 Å². The Morgan fingerprint density at radius 3 is 2.21 bits per heavy atom. The summed E-state index contributed by atoms with van der Waals surface area (Å²) < 4.78 is 12.2. The zero-order valence-electron chi connectivity index (χ0n) is 16.5. The number of rotatable bonds is 10. The summed E-state index contributed by atoms with van der Waals surface area (Å²) in [6.45, 7) is 4.36. The van der Waals surface area contributed by atoms with Crippen LogP contribution in [0.1, 0.15) is 30.9 Å². The van der Waals surface area contributed by atoms with Gasteiger partial charge in [-0.3, -0.25) is 4.79 Å². The minimum atomic E-state index is -0.175. The van der Waals surface area contributed by atoms with Crippen molar-refractivity contribution in [3.8, 4) is 0 Å². The van der Waals surface area contributed by atoms with Gasteiger partial charge in [-0.25, -0.2) is 0 Å². The third kappa shape index (κ3) is 5.78. The quantitative estimate of drug-likeness (QED) is 0.616. The van der Waals surface area contributed by atoms with Gasteiger partial charge in [0.1, 0.15) is 0 Å². The van der Waals surface area contributed by atoms with E-state index in [0.717, 1.165) is 30.5 Å². The third-order valence-corrected chi connectivity index (χ3v) is 4.93. The molecule has 0 spiro atoms. The lowest BCUT2D eigenvalue weighted by molar-refractivity contribution is -0.136. The highest BCUT2D eigenvalue weighted by molar-refractivity contribution is 5.89. The minimum absolute atomic E-state index is 0.0429. The maximum Gasteiger partial charge on any atom is 0.246 e. The Morgan fingerprint density at radius 2 is 1.57 bits per heavy atom. The van der Waals surface area contributed by atoms with Gasteiger partial charge in [0.25, 0.3) is 0 Å². The first kappa shape index (κ1) is 20.3. The van der Waals surface area contributed by atoms with Gasteiger partial charge in [0, 0.05) is 12.6 Å². The molecule has 2 atom stereocenters. The third-order valence-electron chi connectivity index (χ3n) is 4.93. The van der Waals surface area contributed by atoms with Crippen LogP contribution in [0.3, 0.4) is 0 Å². The number of benzene rings is 2. The molecule has 0 aromatic heterocycles. The second kappa shape index (κ2) is 10.8. The summed E-state index contributed by atoms with van der Waals surface area (Å²) in [7, 11) is 0. The summed E-state index contributed by atoms with van der Waals surface area (Å²) in [6, 6.07) is 20.1. The summed E-state index contributed by atoms with van der Waals surface area (Å²) >= 11 is 0. The van der Waals surface area contributed by atoms with E-state index in [4.69, 9.17) is 9.47 Å². The second-order valence-corrected chi connectivity index (χ2v) is 7.07. The van der Waals surface area contributed by atoms with Crippen LogP contribution in [0.25, 0.3) is 0 Å². The topological polar surface area (TPSA) is 38.8 Å². The Hall–Kier alpha value is -2.43. The average molecular weight is 380 g/mol. The maximum atomic E-state index is 12.5. The molecule has 3 rings (SSSR count). The lowest BCUT2D eigenvalue weighted by Gasteiger charge is -2.38. The smallest absolute Gasteiger partial charge is 0.246 e. The number of carbonyl (C=O) groups is 1. The SMILES string of the molecule is CCCCN1C(=O)C=C[C@@H](OCc2ccccc2)[C@H]1COCc1ccccc1. The van der Waals surface area contributed by atoms with Crippen molar-refractivity contribution in [2.75, 3.05) is 13.2 Å². The van der Waals surface area contributed by atoms with Crippen molar-refractivity contribution >= 4 is 5.91 Å². The van der Waals surface area contributed by atoms with E-state index in [2.05, 4.69) is 6.92 Å². The molecule has 0 saturated carbocycles. The van der Waals surface area contributed by atoms with E-state index in [1.165, 1.54) is 0 Å². The molecule has 4 heteroatoms. The number of nitrogens with zero attached hydrogens (tertiary/aromatic N) is 1. The second-order valence-electron chi connectivity index (χ2n) is 7.07. The van der Waals surface area contributed by atoms with Crippen LogP contribution in [0.2, 0.25) is 0 Å². The van der Waals surface area contributed by atoms with Crippen LogP contribution in [0, 0.1) is 0 Å². The van der Waals surface area contributed by atoms with Crippen LogP contribution in [0.5, 0.6) is 0 Å². The van der Waals surface area contributed by atoms with Gasteiger partial charge >= 0.3 is 0 Å². The summed E-state index contributed by atoms with van der Waals surface area (Å²) in [5.74, 6) is 0.0429. The summed E-state index contributed by atoms with van der Waals surface area (Å²) in [5, 5.41) is 0. The monoisotopic (exact) mass is 379 g/mol. The van der Waals surface area contributed by atoms with Crippen LogP contribution in [0.4, 0.5) is 0 Å². The molecule has 0 N–H and O–H groups in total. The van der Waals surface area contributed by atoms with Crippen LogP contribution in [0.15, 0.2) is 72.8 Å².